The fraction of sp³-hybridized carbons (Fsp3) is 0.348. The van der Waals surface area contributed by atoms with Crippen molar-refractivity contribution in [2.75, 3.05) is 6.61 Å². The monoisotopic (exact) mass is 489 g/mol. The number of nitrogens with one attached hydrogen (secondary N) is 1. The largest absolute Gasteiger partial charge is 0.494 e. The normalized spacial score (nSPS) is 11.0. The van der Waals surface area contributed by atoms with E-state index in [-0.39, 0.29) is 0 Å². The lowest BCUT2D eigenvalue weighted by Crippen LogP contribution is -2.17. The van der Waals surface area contributed by atoms with Gasteiger partial charge in [0.2, 0.25) is 0 Å². The number of ether oxygens (including phenoxy) is 1. The van der Waals surface area contributed by atoms with Crippen molar-refractivity contribution >= 4 is 22.6 Å². The minimum atomic E-state index is 0.687. The molecule has 0 radical (unpaired) electrons. The molecule has 0 amide bonds. The molecule has 3 aromatic rings. The maximum Gasteiger partial charge on any atom is 0.172 e. The van der Waals surface area contributed by atoms with E-state index in [1.54, 1.807) is 0 Å². The van der Waals surface area contributed by atoms with E-state index in [0.29, 0.717) is 6.61 Å². The minimum Gasteiger partial charge on any atom is -0.494 e. The molecule has 1 N–H and O–H groups in total. The van der Waals surface area contributed by atoms with Crippen LogP contribution >= 0.6 is 22.6 Å². The van der Waals surface area contributed by atoms with E-state index < -0.39 is 0 Å². The molecule has 3 rings (SSSR count). The van der Waals surface area contributed by atoms with Gasteiger partial charge in [-0.25, -0.2) is 4.98 Å². The molecule has 0 aliphatic heterocycles. The van der Waals surface area contributed by atoms with Crippen LogP contribution < -0.4 is 10.1 Å². The first kappa shape index (κ1) is 20.9. The van der Waals surface area contributed by atoms with Gasteiger partial charge < -0.3 is 14.6 Å². The van der Waals surface area contributed by atoms with Gasteiger partial charge in [0.15, 0.2) is 3.83 Å². The molecule has 28 heavy (non-hydrogen) atoms. The Bertz CT molecular complexity index is 877. The summed E-state index contributed by atoms with van der Waals surface area (Å²) in [5.74, 6) is 0.925. The maximum absolute atomic E-state index is 5.61. The predicted molar refractivity (Wildman–Crippen MR) is 123 cm³/mol. The Labute approximate surface area is 181 Å². The summed E-state index contributed by atoms with van der Waals surface area (Å²) < 4.78 is 9.02. The van der Waals surface area contributed by atoms with Crippen molar-refractivity contribution in [1.29, 1.82) is 0 Å². The van der Waals surface area contributed by atoms with E-state index in [2.05, 4.69) is 75.8 Å². The molecule has 0 saturated heterocycles. The molecule has 0 spiro atoms. The number of nitrogens with zero attached hydrogens (tertiary/aromatic N) is 2. The number of imidazole rings is 1. The fourth-order valence-corrected chi connectivity index (χ4v) is 4.02. The van der Waals surface area contributed by atoms with Crippen molar-refractivity contribution in [2.24, 2.45) is 0 Å². The summed E-state index contributed by atoms with van der Waals surface area (Å²) in [4.78, 5) is 4.89. The van der Waals surface area contributed by atoms with E-state index in [9.17, 15) is 0 Å². The molecule has 5 heteroatoms. The van der Waals surface area contributed by atoms with Crippen molar-refractivity contribution in [3.63, 3.8) is 0 Å². The number of halogens is 1. The summed E-state index contributed by atoms with van der Waals surface area (Å²) in [6.07, 6.45) is 2.33. The quantitative estimate of drug-likeness (QED) is 0.375. The molecule has 0 fully saturated rings. The van der Waals surface area contributed by atoms with Gasteiger partial charge >= 0.3 is 0 Å². The lowest BCUT2D eigenvalue weighted by Gasteiger charge is -2.12. The van der Waals surface area contributed by atoms with Gasteiger partial charge in [-0.2, -0.15) is 0 Å². The highest BCUT2D eigenvalue weighted by Crippen LogP contribution is 2.26. The lowest BCUT2D eigenvalue weighted by molar-refractivity contribution is 0.340. The van der Waals surface area contributed by atoms with Crippen molar-refractivity contribution in [3.8, 4) is 17.0 Å². The van der Waals surface area contributed by atoms with Crippen LogP contribution in [0.25, 0.3) is 11.3 Å². The molecule has 0 atom stereocenters. The Kier molecular flexibility index (Phi) is 7.91. The number of benzene rings is 2. The average Bonchev–Trinajstić information content (AvgIpc) is 3.03. The molecule has 0 saturated carbocycles. The summed E-state index contributed by atoms with van der Waals surface area (Å²) in [7, 11) is 0. The Morgan fingerprint density at radius 3 is 2.61 bits per heavy atom. The van der Waals surface area contributed by atoms with Crippen molar-refractivity contribution in [2.45, 2.75) is 46.3 Å². The smallest absolute Gasteiger partial charge is 0.172 e. The highest BCUT2D eigenvalue weighted by atomic mass is 127. The van der Waals surface area contributed by atoms with Gasteiger partial charge in [0.05, 0.1) is 18.0 Å². The van der Waals surface area contributed by atoms with Crippen molar-refractivity contribution < 1.29 is 4.74 Å². The molecule has 1 aromatic heterocycles. The lowest BCUT2D eigenvalue weighted by atomic mass is 10.1. The number of unbranched alkanes of at least 4 members (excludes halogenated alkanes) is 1. The van der Waals surface area contributed by atoms with E-state index in [4.69, 9.17) is 9.72 Å². The summed E-state index contributed by atoms with van der Waals surface area (Å²) in [5, 5.41) is 3.61. The SMILES string of the molecule is CCCCn1c(I)nc(-c2ccccc2)c1CNCc1cccc(OCC)c1. The zero-order valence-electron chi connectivity index (χ0n) is 16.6. The average molecular weight is 489 g/mol. The molecule has 0 aliphatic carbocycles. The number of hydrogen-bond donors (Lipinski definition) is 1. The molecule has 0 unspecified atom stereocenters. The topological polar surface area (TPSA) is 39.1 Å². The van der Waals surface area contributed by atoms with Gasteiger partial charge in [-0.1, -0.05) is 55.8 Å². The van der Waals surface area contributed by atoms with Crippen LogP contribution in [0.4, 0.5) is 0 Å². The Hall–Kier alpha value is -1.86. The first-order valence-electron chi connectivity index (χ1n) is 9.95. The summed E-state index contributed by atoms with van der Waals surface area (Å²) in [6.45, 7) is 7.51. The van der Waals surface area contributed by atoms with Gasteiger partial charge in [0.25, 0.3) is 0 Å². The van der Waals surface area contributed by atoms with Crippen LogP contribution in [0.5, 0.6) is 5.75 Å². The first-order valence-corrected chi connectivity index (χ1v) is 11.0. The molecule has 0 aliphatic rings. The van der Waals surface area contributed by atoms with E-state index >= 15 is 0 Å². The Morgan fingerprint density at radius 2 is 1.86 bits per heavy atom. The van der Waals surface area contributed by atoms with Crippen LogP contribution in [0.2, 0.25) is 0 Å². The van der Waals surface area contributed by atoms with Crippen LogP contribution in [0, 0.1) is 3.83 Å². The van der Waals surface area contributed by atoms with Gasteiger partial charge in [0, 0.05) is 25.2 Å². The predicted octanol–water partition coefficient (Wildman–Crippen LogP) is 5.64. The minimum absolute atomic E-state index is 0.687. The highest BCUT2D eigenvalue weighted by Gasteiger charge is 2.16. The maximum atomic E-state index is 5.61. The number of rotatable bonds is 10. The van der Waals surface area contributed by atoms with Crippen LogP contribution in [-0.2, 0) is 19.6 Å². The molecular formula is C23H28IN3O. The molecule has 4 nitrogen and oxygen atoms in total. The van der Waals surface area contributed by atoms with Crippen LogP contribution in [0.3, 0.4) is 0 Å². The van der Waals surface area contributed by atoms with Gasteiger partial charge in [-0.05, 0) is 53.6 Å². The molecular weight excluding hydrogens is 461 g/mol. The standard InChI is InChI=1S/C23H28IN3O/c1-3-5-14-27-21(22(26-23(27)24)19-11-7-6-8-12-19)17-25-16-18-10-9-13-20(15-18)28-4-2/h6-13,15,25H,3-5,14,16-17H2,1-2H3. The zero-order chi connectivity index (χ0) is 19.8. The van der Waals surface area contributed by atoms with Crippen molar-refractivity contribution in [3.05, 3.63) is 69.7 Å². The molecule has 2 aromatic carbocycles. The second-order valence-electron chi connectivity index (χ2n) is 6.73. The first-order chi connectivity index (χ1) is 13.7. The van der Waals surface area contributed by atoms with Crippen LogP contribution in [0.1, 0.15) is 37.9 Å². The number of aromatic nitrogens is 2. The Balaban J connectivity index is 1.78. The summed E-state index contributed by atoms with van der Waals surface area (Å²) in [6, 6.07) is 18.8. The van der Waals surface area contributed by atoms with E-state index in [1.807, 2.05) is 25.1 Å². The second-order valence-corrected chi connectivity index (χ2v) is 7.70. The molecule has 0 bridgehead atoms. The highest BCUT2D eigenvalue weighted by molar-refractivity contribution is 14.1. The third kappa shape index (κ3) is 5.35. The summed E-state index contributed by atoms with van der Waals surface area (Å²) in [5.41, 5.74) is 4.73. The van der Waals surface area contributed by atoms with Gasteiger partial charge in [-0.3, -0.25) is 0 Å². The van der Waals surface area contributed by atoms with Crippen LogP contribution in [0.15, 0.2) is 54.6 Å². The zero-order valence-corrected chi connectivity index (χ0v) is 18.8. The summed E-state index contributed by atoms with van der Waals surface area (Å²) >= 11 is 2.36. The van der Waals surface area contributed by atoms with E-state index in [1.165, 1.54) is 23.2 Å². The second kappa shape index (κ2) is 10.6. The van der Waals surface area contributed by atoms with E-state index in [0.717, 1.165) is 41.3 Å². The molecule has 1 heterocycles. The fourth-order valence-electron chi connectivity index (χ4n) is 3.24. The van der Waals surface area contributed by atoms with Gasteiger partial charge in [-0.15, -0.1) is 0 Å². The third-order valence-corrected chi connectivity index (χ3v) is 5.46. The van der Waals surface area contributed by atoms with Crippen LogP contribution in [-0.4, -0.2) is 16.2 Å². The molecule has 148 valence electrons. The Morgan fingerprint density at radius 1 is 1.04 bits per heavy atom. The number of hydrogen-bond acceptors (Lipinski definition) is 3. The van der Waals surface area contributed by atoms with Gasteiger partial charge in [0.1, 0.15) is 5.75 Å². The third-order valence-electron chi connectivity index (χ3n) is 4.64. The van der Waals surface area contributed by atoms with Crippen molar-refractivity contribution in [1.82, 2.24) is 14.9 Å².